The Hall–Kier alpha value is -0.810. The lowest BCUT2D eigenvalue weighted by atomic mass is 10.2. The zero-order chi connectivity index (χ0) is 12.1. The van der Waals surface area contributed by atoms with Crippen molar-refractivity contribution in [3.05, 3.63) is 28.2 Å². The van der Waals surface area contributed by atoms with Crippen molar-refractivity contribution in [1.82, 2.24) is 0 Å². The lowest BCUT2D eigenvalue weighted by Gasteiger charge is -2.12. The first kappa shape index (κ1) is 13.3. The number of aliphatic hydroxyl groups excluding tert-OH is 1. The summed E-state index contributed by atoms with van der Waals surface area (Å²) in [6.45, 7) is -0.136. The minimum Gasteiger partial charge on any atom is -0.396 e. The van der Waals surface area contributed by atoms with Gasteiger partial charge in [0.25, 0.3) is 0 Å². The molecule has 0 aliphatic heterocycles. The van der Waals surface area contributed by atoms with Gasteiger partial charge >= 0.3 is 0 Å². The number of hydrogen-bond acceptors (Lipinski definition) is 3. The molecule has 4 nitrogen and oxygen atoms in total. The van der Waals surface area contributed by atoms with E-state index in [9.17, 15) is 4.79 Å². The van der Waals surface area contributed by atoms with Gasteiger partial charge in [-0.25, -0.2) is 0 Å². The van der Waals surface area contributed by atoms with Gasteiger partial charge in [-0.3, -0.25) is 4.79 Å². The van der Waals surface area contributed by atoms with Gasteiger partial charge in [0, 0.05) is 11.6 Å². The van der Waals surface area contributed by atoms with E-state index in [0.717, 1.165) is 0 Å². The average Bonchev–Trinajstić information content (AvgIpc) is 2.22. The van der Waals surface area contributed by atoms with Crippen molar-refractivity contribution in [1.29, 1.82) is 0 Å². The van der Waals surface area contributed by atoms with Gasteiger partial charge in [0.15, 0.2) is 0 Å². The number of rotatable bonds is 4. The normalized spacial score (nSPS) is 12.2. The Morgan fingerprint density at radius 3 is 2.75 bits per heavy atom. The Bertz CT molecular complexity index is 385. The van der Waals surface area contributed by atoms with E-state index in [2.05, 4.69) is 5.32 Å². The van der Waals surface area contributed by atoms with Crippen LogP contribution < -0.4 is 11.1 Å². The minimum atomic E-state index is -0.753. The highest BCUT2D eigenvalue weighted by Gasteiger charge is 2.14. The quantitative estimate of drug-likeness (QED) is 0.773. The highest BCUT2D eigenvalue weighted by atomic mass is 35.5. The molecule has 1 amide bonds. The number of anilines is 1. The number of halogens is 2. The van der Waals surface area contributed by atoms with Gasteiger partial charge in [0.2, 0.25) is 5.91 Å². The van der Waals surface area contributed by atoms with Crippen molar-refractivity contribution < 1.29 is 9.90 Å². The largest absolute Gasteiger partial charge is 0.396 e. The summed E-state index contributed by atoms with van der Waals surface area (Å²) in [6.07, 6.45) is 0.205. The first-order valence-electron chi connectivity index (χ1n) is 4.67. The minimum absolute atomic E-state index is 0.136. The predicted octanol–water partition coefficient (Wildman–Crippen LogP) is 1.64. The fourth-order valence-electron chi connectivity index (χ4n) is 1.09. The molecule has 0 saturated carbocycles. The molecule has 1 atom stereocenters. The molecule has 0 saturated heterocycles. The molecular weight excluding hydrogens is 251 g/mol. The van der Waals surface area contributed by atoms with Gasteiger partial charge < -0.3 is 16.2 Å². The maximum absolute atomic E-state index is 11.5. The third kappa shape index (κ3) is 3.64. The van der Waals surface area contributed by atoms with Gasteiger partial charge in [-0.05, 0) is 24.6 Å². The van der Waals surface area contributed by atoms with Gasteiger partial charge in [-0.1, -0.05) is 23.2 Å². The van der Waals surface area contributed by atoms with E-state index in [0.29, 0.717) is 15.7 Å². The summed E-state index contributed by atoms with van der Waals surface area (Å²) in [5.74, 6) is -0.390. The van der Waals surface area contributed by atoms with E-state index in [1.165, 1.54) is 6.07 Å². The van der Waals surface area contributed by atoms with Crippen molar-refractivity contribution in [2.24, 2.45) is 5.73 Å². The van der Waals surface area contributed by atoms with Crippen molar-refractivity contribution in [2.45, 2.75) is 12.5 Å². The molecule has 88 valence electrons. The maximum atomic E-state index is 11.5. The zero-order valence-electron chi connectivity index (χ0n) is 8.41. The second kappa shape index (κ2) is 6.06. The number of carbonyl (C=O) groups excluding carboxylic acids is 1. The number of amides is 1. The van der Waals surface area contributed by atoms with Gasteiger partial charge in [-0.15, -0.1) is 0 Å². The smallest absolute Gasteiger partial charge is 0.241 e. The monoisotopic (exact) mass is 262 g/mol. The van der Waals surface area contributed by atoms with Crippen LogP contribution in [0.2, 0.25) is 10.0 Å². The number of carbonyl (C=O) groups is 1. The summed E-state index contributed by atoms with van der Waals surface area (Å²) >= 11 is 11.6. The molecule has 4 N–H and O–H groups in total. The van der Waals surface area contributed by atoms with E-state index < -0.39 is 11.9 Å². The molecule has 0 radical (unpaired) electrons. The molecule has 0 aromatic heterocycles. The Morgan fingerprint density at radius 2 is 2.19 bits per heavy atom. The summed E-state index contributed by atoms with van der Waals surface area (Å²) in [6, 6.07) is 3.97. The average molecular weight is 263 g/mol. The molecule has 16 heavy (non-hydrogen) atoms. The van der Waals surface area contributed by atoms with Crippen molar-refractivity contribution >= 4 is 34.8 Å². The zero-order valence-corrected chi connectivity index (χ0v) is 9.92. The van der Waals surface area contributed by atoms with Crippen LogP contribution in [0.3, 0.4) is 0 Å². The molecule has 0 aliphatic carbocycles. The molecule has 0 heterocycles. The maximum Gasteiger partial charge on any atom is 0.241 e. The second-order valence-corrected chi connectivity index (χ2v) is 4.08. The number of nitrogens with two attached hydrogens (primary N) is 1. The predicted molar refractivity (Wildman–Crippen MR) is 64.8 cm³/mol. The van der Waals surface area contributed by atoms with Gasteiger partial charge in [0.1, 0.15) is 0 Å². The van der Waals surface area contributed by atoms with Gasteiger partial charge in [-0.2, -0.15) is 0 Å². The molecule has 1 aromatic carbocycles. The fraction of sp³-hybridized carbons (Fsp3) is 0.300. The van der Waals surface area contributed by atoms with Crippen LogP contribution in [0.1, 0.15) is 6.42 Å². The summed E-state index contributed by atoms with van der Waals surface area (Å²) in [7, 11) is 0. The molecule has 0 aliphatic rings. The third-order valence-corrected chi connectivity index (χ3v) is 2.51. The molecule has 1 unspecified atom stereocenters. The summed E-state index contributed by atoms with van der Waals surface area (Å²) in [5.41, 5.74) is 5.96. The van der Waals surface area contributed by atoms with Crippen molar-refractivity contribution in [3.8, 4) is 0 Å². The second-order valence-electron chi connectivity index (χ2n) is 3.23. The van der Waals surface area contributed by atoms with Crippen LogP contribution in [0.4, 0.5) is 5.69 Å². The van der Waals surface area contributed by atoms with Crippen LogP contribution in [-0.4, -0.2) is 23.7 Å². The lowest BCUT2D eigenvalue weighted by Crippen LogP contribution is -2.36. The Balaban J connectivity index is 2.69. The van der Waals surface area contributed by atoms with Crippen LogP contribution in [0, 0.1) is 0 Å². The van der Waals surface area contributed by atoms with E-state index >= 15 is 0 Å². The van der Waals surface area contributed by atoms with Crippen molar-refractivity contribution in [3.63, 3.8) is 0 Å². The van der Waals surface area contributed by atoms with E-state index in [1.807, 2.05) is 0 Å². The number of aliphatic hydroxyl groups is 1. The van der Waals surface area contributed by atoms with Crippen molar-refractivity contribution in [2.75, 3.05) is 11.9 Å². The fourth-order valence-corrected chi connectivity index (χ4v) is 1.54. The highest BCUT2D eigenvalue weighted by Crippen LogP contribution is 2.25. The lowest BCUT2D eigenvalue weighted by molar-refractivity contribution is -0.117. The van der Waals surface area contributed by atoms with Crippen LogP contribution in [0.15, 0.2) is 18.2 Å². The standard InChI is InChI=1S/C10H12Cl2N2O2/c11-6-1-2-9(7(12)5-6)14-10(16)8(13)3-4-15/h1-2,5,8,15H,3-4,13H2,(H,14,16). The first-order valence-corrected chi connectivity index (χ1v) is 5.42. The Morgan fingerprint density at radius 1 is 1.50 bits per heavy atom. The molecule has 0 fully saturated rings. The number of hydrogen-bond donors (Lipinski definition) is 3. The topological polar surface area (TPSA) is 75.3 Å². The van der Waals surface area contributed by atoms with E-state index in [-0.39, 0.29) is 13.0 Å². The van der Waals surface area contributed by atoms with E-state index in [1.54, 1.807) is 12.1 Å². The number of benzene rings is 1. The Kier molecular flexibility index (Phi) is 5.02. The molecule has 0 spiro atoms. The molecule has 6 heteroatoms. The Labute approximate surface area is 103 Å². The summed E-state index contributed by atoms with van der Waals surface area (Å²) in [4.78, 5) is 11.5. The molecule has 1 aromatic rings. The first-order chi connectivity index (χ1) is 7.54. The van der Waals surface area contributed by atoms with Crippen LogP contribution in [-0.2, 0) is 4.79 Å². The van der Waals surface area contributed by atoms with Gasteiger partial charge in [0.05, 0.1) is 16.8 Å². The SMILES string of the molecule is NC(CCO)C(=O)Nc1ccc(Cl)cc1Cl. The molecule has 0 bridgehead atoms. The van der Waals surface area contributed by atoms with Crippen LogP contribution >= 0.6 is 23.2 Å². The molecule has 1 rings (SSSR count). The summed E-state index contributed by atoms with van der Waals surface area (Å²) < 4.78 is 0. The van der Waals surface area contributed by atoms with Crippen LogP contribution in [0.25, 0.3) is 0 Å². The number of nitrogens with one attached hydrogen (secondary N) is 1. The van der Waals surface area contributed by atoms with E-state index in [4.69, 9.17) is 34.0 Å². The van der Waals surface area contributed by atoms with Crippen LogP contribution in [0.5, 0.6) is 0 Å². The molecular formula is C10H12Cl2N2O2. The summed E-state index contributed by atoms with van der Waals surface area (Å²) in [5, 5.41) is 12.0. The third-order valence-electron chi connectivity index (χ3n) is 1.97. The highest BCUT2D eigenvalue weighted by molar-refractivity contribution is 6.36.